The van der Waals surface area contributed by atoms with Gasteiger partial charge in [0.25, 0.3) is 0 Å². The highest BCUT2D eigenvalue weighted by Crippen LogP contribution is 2.44. The molecule has 4 rings (SSSR count). The quantitative estimate of drug-likeness (QED) is 0.285. The van der Waals surface area contributed by atoms with Crippen molar-refractivity contribution in [1.82, 2.24) is 4.98 Å². The van der Waals surface area contributed by atoms with Crippen LogP contribution in [0.1, 0.15) is 51.9 Å². The summed E-state index contributed by atoms with van der Waals surface area (Å²) in [5.74, 6) is -6.83. The van der Waals surface area contributed by atoms with E-state index in [0.29, 0.717) is 42.3 Å². The largest absolute Gasteiger partial charge is 0.478 e. The number of ether oxygens (including phenoxy) is 1. The van der Waals surface area contributed by atoms with Crippen molar-refractivity contribution in [3.8, 4) is 5.88 Å². The Kier molecular flexibility index (Phi) is 6.75. The lowest BCUT2D eigenvalue weighted by atomic mass is 9.95. The number of allylic oxidation sites excluding steroid dienone is 2. The van der Waals surface area contributed by atoms with Gasteiger partial charge < -0.3 is 9.84 Å². The summed E-state index contributed by atoms with van der Waals surface area (Å²) in [7, 11) is 0. The highest BCUT2D eigenvalue weighted by molar-refractivity contribution is 5.96. The maximum atomic E-state index is 14.1. The average Bonchev–Trinajstić information content (AvgIpc) is 3.31. The minimum absolute atomic E-state index is 0.129. The maximum Gasteiger partial charge on any atom is 0.417 e. The summed E-state index contributed by atoms with van der Waals surface area (Å²) in [6.07, 6.45) is -3.22. The molecule has 188 valence electrons. The van der Waals surface area contributed by atoms with Crippen LogP contribution in [0.15, 0.2) is 42.6 Å². The molecule has 0 unspecified atom stereocenters. The van der Waals surface area contributed by atoms with Gasteiger partial charge in [0.05, 0.1) is 16.7 Å². The molecule has 0 amide bonds. The molecule has 0 aliphatic heterocycles. The van der Waals surface area contributed by atoms with E-state index in [1.165, 1.54) is 6.07 Å². The van der Waals surface area contributed by atoms with Gasteiger partial charge in [0, 0.05) is 11.8 Å². The van der Waals surface area contributed by atoms with Crippen molar-refractivity contribution in [3.05, 3.63) is 93.7 Å². The SMILES string of the molecule is O=C(O)c1cc(C2=C(c3cc(C(F)(F)F)cnc3OCc3c(F)ccc(F)c3F)CCC2)ccc1F. The number of alkyl halides is 3. The smallest absolute Gasteiger partial charge is 0.417 e. The van der Waals surface area contributed by atoms with Crippen molar-refractivity contribution in [2.24, 2.45) is 0 Å². The molecule has 1 N–H and O–H groups in total. The van der Waals surface area contributed by atoms with Crippen molar-refractivity contribution < 1.29 is 45.4 Å². The number of benzene rings is 2. The van der Waals surface area contributed by atoms with Gasteiger partial charge in [-0.2, -0.15) is 13.2 Å². The molecule has 0 spiro atoms. The molecule has 36 heavy (non-hydrogen) atoms. The highest BCUT2D eigenvalue weighted by Gasteiger charge is 2.33. The molecular formula is C25H16F7NO3. The molecular weight excluding hydrogens is 495 g/mol. The van der Waals surface area contributed by atoms with Gasteiger partial charge in [0.2, 0.25) is 5.88 Å². The summed E-state index contributed by atoms with van der Waals surface area (Å²) >= 11 is 0. The molecule has 1 aliphatic carbocycles. The maximum absolute atomic E-state index is 14.1. The molecule has 3 aromatic rings. The number of hydrogen-bond acceptors (Lipinski definition) is 3. The average molecular weight is 511 g/mol. The van der Waals surface area contributed by atoms with E-state index in [1.807, 2.05) is 0 Å². The minimum atomic E-state index is -4.77. The summed E-state index contributed by atoms with van der Waals surface area (Å²) in [4.78, 5) is 15.1. The molecule has 0 saturated carbocycles. The molecule has 11 heteroatoms. The second-order valence-electron chi connectivity index (χ2n) is 8.00. The molecule has 1 heterocycles. The lowest BCUT2D eigenvalue weighted by Crippen LogP contribution is -2.10. The molecule has 1 aliphatic rings. The van der Waals surface area contributed by atoms with Gasteiger partial charge in [-0.05, 0) is 66.3 Å². The number of carbonyl (C=O) groups is 1. The first kappa shape index (κ1) is 25.2. The van der Waals surface area contributed by atoms with Crippen LogP contribution < -0.4 is 4.74 Å². The Morgan fingerprint density at radius 2 is 1.61 bits per heavy atom. The fraction of sp³-hybridized carbons (Fsp3) is 0.200. The second kappa shape index (κ2) is 9.63. The highest BCUT2D eigenvalue weighted by atomic mass is 19.4. The number of pyridine rings is 1. The Morgan fingerprint density at radius 1 is 0.944 bits per heavy atom. The lowest BCUT2D eigenvalue weighted by molar-refractivity contribution is -0.137. The normalized spacial score (nSPS) is 13.9. The number of carboxylic acid groups (broad SMARTS) is 1. The first-order valence-corrected chi connectivity index (χ1v) is 10.6. The summed E-state index contributed by atoms with van der Waals surface area (Å²) in [6.45, 7) is -0.858. The van der Waals surface area contributed by atoms with E-state index in [1.54, 1.807) is 0 Å². The van der Waals surface area contributed by atoms with Gasteiger partial charge in [0.1, 0.15) is 18.2 Å². The third-order valence-corrected chi connectivity index (χ3v) is 5.76. The summed E-state index contributed by atoms with van der Waals surface area (Å²) in [5.41, 5.74) is -1.56. The third-order valence-electron chi connectivity index (χ3n) is 5.76. The van der Waals surface area contributed by atoms with E-state index < -0.39 is 58.7 Å². The molecule has 0 saturated heterocycles. The Bertz CT molecular complexity index is 1380. The van der Waals surface area contributed by atoms with Crippen LogP contribution in [0, 0.1) is 23.3 Å². The monoisotopic (exact) mass is 511 g/mol. The molecule has 0 fully saturated rings. The van der Waals surface area contributed by atoms with Crippen molar-refractivity contribution in [2.45, 2.75) is 32.0 Å². The molecule has 0 radical (unpaired) electrons. The number of rotatable bonds is 6. The van der Waals surface area contributed by atoms with Gasteiger partial charge in [0.15, 0.2) is 11.6 Å². The number of nitrogens with zero attached hydrogens (tertiary/aromatic N) is 1. The van der Waals surface area contributed by atoms with Crippen LogP contribution >= 0.6 is 0 Å². The van der Waals surface area contributed by atoms with Gasteiger partial charge >= 0.3 is 12.1 Å². The Hall–Kier alpha value is -3.89. The first-order chi connectivity index (χ1) is 17.0. The van der Waals surface area contributed by atoms with Crippen LogP contribution in [-0.2, 0) is 12.8 Å². The second-order valence-corrected chi connectivity index (χ2v) is 8.00. The first-order valence-electron chi connectivity index (χ1n) is 10.6. The zero-order valence-corrected chi connectivity index (χ0v) is 18.2. The minimum Gasteiger partial charge on any atom is -0.478 e. The van der Waals surface area contributed by atoms with E-state index in [0.717, 1.165) is 18.2 Å². The molecule has 1 aromatic heterocycles. The van der Waals surface area contributed by atoms with Gasteiger partial charge in [-0.3, -0.25) is 0 Å². The van der Waals surface area contributed by atoms with Crippen molar-refractivity contribution in [1.29, 1.82) is 0 Å². The van der Waals surface area contributed by atoms with E-state index in [-0.39, 0.29) is 23.4 Å². The molecule has 2 aromatic carbocycles. The number of halogens is 7. The van der Waals surface area contributed by atoms with Gasteiger partial charge in [-0.15, -0.1) is 0 Å². The Labute approximate surface area is 199 Å². The number of carboxylic acids is 1. The predicted octanol–water partition coefficient (Wildman–Crippen LogP) is 7.03. The van der Waals surface area contributed by atoms with E-state index in [4.69, 9.17) is 4.74 Å². The van der Waals surface area contributed by atoms with Crippen LogP contribution in [0.3, 0.4) is 0 Å². The van der Waals surface area contributed by atoms with Gasteiger partial charge in [-0.25, -0.2) is 27.3 Å². The summed E-state index contributed by atoms with van der Waals surface area (Å²) in [6, 6.07) is 5.37. The Balaban J connectivity index is 1.82. The van der Waals surface area contributed by atoms with Crippen molar-refractivity contribution in [3.63, 3.8) is 0 Å². The zero-order chi connectivity index (χ0) is 26.2. The van der Waals surface area contributed by atoms with Crippen LogP contribution in [0.4, 0.5) is 30.7 Å². The van der Waals surface area contributed by atoms with Crippen molar-refractivity contribution >= 4 is 17.1 Å². The fourth-order valence-electron chi connectivity index (χ4n) is 4.02. The molecule has 0 atom stereocenters. The van der Waals surface area contributed by atoms with Gasteiger partial charge in [-0.1, -0.05) is 6.07 Å². The number of aromatic carboxylic acids is 1. The third kappa shape index (κ3) is 4.91. The van der Waals surface area contributed by atoms with Crippen LogP contribution in [0.2, 0.25) is 0 Å². The summed E-state index contributed by atoms with van der Waals surface area (Å²) < 4.78 is 101. The molecule has 0 bridgehead atoms. The van der Waals surface area contributed by atoms with Crippen LogP contribution in [0.25, 0.3) is 11.1 Å². The van der Waals surface area contributed by atoms with E-state index in [9.17, 15) is 40.6 Å². The number of hydrogen-bond donors (Lipinski definition) is 1. The van der Waals surface area contributed by atoms with Crippen LogP contribution in [-0.4, -0.2) is 16.1 Å². The standard InChI is InChI=1S/C25H16F7NO3/c26-19-5-4-12(8-17(19)24(34)35)14-2-1-3-15(14)16-9-13(25(30,31)32)10-33-23(16)36-11-18-20(27)6-7-21(28)22(18)29/h4-10H,1-3,11H2,(H,34,35). The fourth-order valence-corrected chi connectivity index (χ4v) is 4.02. The van der Waals surface area contributed by atoms with Crippen molar-refractivity contribution in [2.75, 3.05) is 0 Å². The van der Waals surface area contributed by atoms with Crippen LogP contribution in [0.5, 0.6) is 5.88 Å². The predicted molar refractivity (Wildman–Crippen MR) is 114 cm³/mol. The molecule has 4 nitrogen and oxygen atoms in total. The number of aromatic nitrogens is 1. The van der Waals surface area contributed by atoms with E-state index >= 15 is 0 Å². The Morgan fingerprint density at radius 3 is 2.31 bits per heavy atom. The topological polar surface area (TPSA) is 59.4 Å². The lowest BCUT2D eigenvalue weighted by Gasteiger charge is -2.16. The zero-order valence-electron chi connectivity index (χ0n) is 18.2. The summed E-state index contributed by atoms with van der Waals surface area (Å²) in [5, 5.41) is 9.23. The van der Waals surface area contributed by atoms with E-state index in [2.05, 4.69) is 4.98 Å².